The summed E-state index contributed by atoms with van der Waals surface area (Å²) < 4.78 is 11.2. The van der Waals surface area contributed by atoms with Crippen LogP contribution in [0.2, 0.25) is 0 Å². The fourth-order valence-electron chi connectivity index (χ4n) is 6.04. The van der Waals surface area contributed by atoms with Crippen molar-refractivity contribution in [2.45, 2.75) is 219 Å². The molecule has 0 saturated heterocycles. The summed E-state index contributed by atoms with van der Waals surface area (Å²) in [7, 11) is 0. The molecule has 0 aliphatic rings. The highest BCUT2D eigenvalue weighted by atomic mass is 16.6. The molecule has 0 aromatic heterocycles. The van der Waals surface area contributed by atoms with Crippen LogP contribution in [0.4, 0.5) is 0 Å². The van der Waals surface area contributed by atoms with E-state index in [-0.39, 0.29) is 12.6 Å². The third-order valence-corrected chi connectivity index (χ3v) is 9.22. The van der Waals surface area contributed by atoms with Gasteiger partial charge in [0.05, 0.1) is 13.2 Å². The van der Waals surface area contributed by atoms with Crippen molar-refractivity contribution in [2.24, 2.45) is 0 Å². The molecule has 0 spiro atoms. The van der Waals surface area contributed by atoms with Gasteiger partial charge < -0.3 is 14.6 Å². The number of carbonyl (C=O) groups is 1. The van der Waals surface area contributed by atoms with E-state index in [0.717, 1.165) is 44.9 Å². The van der Waals surface area contributed by atoms with Crippen molar-refractivity contribution >= 4 is 5.97 Å². The molecule has 0 aliphatic heterocycles. The van der Waals surface area contributed by atoms with Crippen LogP contribution >= 0.6 is 0 Å². The topological polar surface area (TPSA) is 55.8 Å². The van der Waals surface area contributed by atoms with Crippen LogP contribution in [0.5, 0.6) is 0 Å². The first-order valence-electron chi connectivity index (χ1n) is 21.1. The van der Waals surface area contributed by atoms with Gasteiger partial charge in [0.1, 0.15) is 6.10 Å². The maximum atomic E-state index is 12.2. The second-order valence-corrected chi connectivity index (χ2v) is 14.1. The van der Waals surface area contributed by atoms with Gasteiger partial charge in [-0.05, 0) is 51.4 Å². The molecule has 1 N–H and O–H groups in total. The number of esters is 1. The minimum atomic E-state index is -0.538. The number of hydrogen-bond acceptors (Lipinski definition) is 4. The van der Waals surface area contributed by atoms with Gasteiger partial charge in [-0.3, -0.25) is 4.79 Å². The maximum absolute atomic E-state index is 12.2. The molecule has 0 aliphatic carbocycles. The minimum Gasteiger partial charge on any atom is -0.457 e. The second-order valence-electron chi connectivity index (χ2n) is 14.1. The third kappa shape index (κ3) is 39.1. The highest BCUT2D eigenvalue weighted by Crippen LogP contribution is 2.14. The van der Waals surface area contributed by atoms with Gasteiger partial charge in [0.2, 0.25) is 0 Å². The number of allylic oxidation sites excluding steroid dienone is 6. The Morgan fingerprint density at radius 3 is 1.35 bits per heavy atom. The number of ether oxygens (including phenoxy) is 2. The molecule has 0 radical (unpaired) electrons. The van der Waals surface area contributed by atoms with Gasteiger partial charge in [0, 0.05) is 13.0 Å². The van der Waals surface area contributed by atoms with E-state index >= 15 is 0 Å². The van der Waals surface area contributed by atoms with Gasteiger partial charge in [0.15, 0.2) is 0 Å². The van der Waals surface area contributed by atoms with Crippen LogP contribution < -0.4 is 0 Å². The monoisotopic (exact) mass is 675 g/mol. The van der Waals surface area contributed by atoms with Crippen molar-refractivity contribution in [3.8, 4) is 0 Å². The van der Waals surface area contributed by atoms with Gasteiger partial charge in [-0.2, -0.15) is 0 Å². The average molecular weight is 675 g/mol. The van der Waals surface area contributed by atoms with Gasteiger partial charge >= 0.3 is 5.97 Å². The molecule has 1 atom stereocenters. The van der Waals surface area contributed by atoms with Crippen molar-refractivity contribution in [3.63, 3.8) is 0 Å². The standard InChI is InChI=1S/C44H82O4/c1-3-5-7-9-11-13-15-17-19-21-22-23-25-27-29-31-33-35-37-39-44(46)48-43(41-45)42-47-40-38-36-34-32-30-28-26-24-20-18-16-14-12-10-8-6-4-2/h11,13,17,19,22-23,43,45H,3-10,12,14-16,18,20-21,24-42H2,1-2H3/b13-11-,19-17-,23-22-. The summed E-state index contributed by atoms with van der Waals surface area (Å²) in [6, 6.07) is 0. The van der Waals surface area contributed by atoms with Crippen LogP contribution in [-0.2, 0) is 14.3 Å². The molecule has 1 unspecified atom stereocenters. The summed E-state index contributed by atoms with van der Waals surface area (Å²) in [6.45, 7) is 5.33. The molecule has 4 heteroatoms. The van der Waals surface area contributed by atoms with Crippen molar-refractivity contribution in [1.82, 2.24) is 0 Å². The van der Waals surface area contributed by atoms with E-state index in [9.17, 15) is 9.90 Å². The summed E-state index contributed by atoms with van der Waals surface area (Å²) >= 11 is 0. The predicted octanol–water partition coefficient (Wildman–Crippen LogP) is 13.7. The van der Waals surface area contributed by atoms with E-state index < -0.39 is 6.10 Å². The zero-order valence-electron chi connectivity index (χ0n) is 32.3. The van der Waals surface area contributed by atoms with Crippen LogP contribution in [-0.4, -0.2) is 37.0 Å². The Balaban J connectivity index is 3.44. The Morgan fingerprint density at radius 1 is 0.500 bits per heavy atom. The van der Waals surface area contributed by atoms with Gasteiger partial charge in [-0.25, -0.2) is 0 Å². The summed E-state index contributed by atoms with van der Waals surface area (Å²) in [5.41, 5.74) is 0. The number of hydrogen-bond donors (Lipinski definition) is 1. The molecule has 0 bridgehead atoms. The first-order chi connectivity index (χ1) is 23.7. The quantitative estimate of drug-likeness (QED) is 0.0400. The molecule has 0 rings (SSSR count). The Bertz CT molecular complexity index is 713. The molecule has 282 valence electrons. The van der Waals surface area contributed by atoms with Crippen molar-refractivity contribution < 1.29 is 19.4 Å². The first kappa shape index (κ1) is 46.6. The summed E-state index contributed by atoms with van der Waals surface area (Å²) in [4.78, 5) is 12.2. The number of rotatable bonds is 39. The summed E-state index contributed by atoms with van der Waals surface area (Å²) in [5.74, 6) is -0.211. The van der Waals surface area contributed by atoms with E-state index in [1.807, 2.05) is 0 Å². The lowest BCUT2D eigenvalue weighted by Gasteiger charge is -2.16. The predicted molar refractivity (Wildman–Crippen MR) is 210 cm³/mol. The van der Waals surface area contributed by atoms with E-state index in [1.54, 1.807) is 0 Å². The van der Waals surface area contributed by atoms with Gasteiger partial charge in [-0.1, -0.05) is 192 Å². The number of aliphatic hydroxyl groups excluding tert-OH is 1. The third-order valence-electron chi connectivity index (χ3n) is 9.22. The molecular formula is C44H82O4. The zero-order valence-corrected chi connectivity index (χ0v) is 32.3. The molecule has 48 heavy (non-hydrogen) atoms. The maximum Gasteiger partial charge on any atom is 0.306 e. The van der Waals surface area contributed by atoms with Crippen molar-refractivity contribution in [1.29, 1.82) is 0 Å². The fourth-order valence-corrected chi connectivity index (χ4v) is 6.04. The Hall–Kier alpha value is -1.39. The normalized spacial score (nSPS) is 12.6. The molecule has 0 heterocycles. The molecular weight excluding hydrogens is 592 g/mol. The van der Waals surface area contributed by atoms with Crippen LogP contribution in [0.1, 0.15) is 213 Å². The van der Waals surface area contributed by atoms with Crippen molar-refractivity contribution in [2.75, 3.05) is 19.8 Å². The SMILES string of the molecule is CCCCC/C=C\C/C=C\C/C=C\CCCCCCCCC(=O)OC(CO)COCCCCCCCCCCCCCCCCCCC. The smallest absolute Gasteiger partial charge is 0.306 e. The van der Waals surface area contributed by atoms with E-state index in [4.69, 9.17) is 9.47 Å². The summed E-state index contributed by atoms with van der Waals surface area (Å²) in [5, 5.41) is 9.59. The lowest BCUT2D eigenvalue weighted by Crippen LogP contribution is -2.27. The van der Waals surface area contributed by atoms with Crippen LogP contribution in [0.15, 0.2) is 36.5 Å². The lowest BCUT2D eigenvalue weighted by molar-refractivity contribution is -0.154. The van der Waals surface area contributed by atoms with Crippen molar-refractivity contribution in [3.05, 3.63) is 36.5 Å². The Labute approximate surface area is 300 Å². The largest absolute Gasteiger partial charge is 0.457 e. The molecule has 0 saturated carbocycles. The average Bonchev–Trinajstić information content (AvgIpc) is 3.09. The van der Waals surface area contributed by atoms with Crippen LogP contribution in [0, 0.1) is 0 Å². The first-order valence-corrected chi connectivity index (χ1v) is 21.1. The highest BCUT2D eigenvalue weighted by Gasteiger charge is 2.13. The zero-order chi connectivity index (χ0) is 34.9. The number of aliphatic hydroxyl groups is 1. The van der Waals surface area contributed by atoms with E-state index in [1.165, 1.54) is 148 Å². The highest BCUT2D eigenvalue weighted by molar-refractivity contribution is 5.69. The second kappa shape index (κ2) is 41.8. The lowest BCUT2D eigenvalue weighted by atomic mass is 10.0. The molecule has 4 nitrogen and oxygen atoms in total. The Kier molecular flexibility index (Phi) is 40.6. The number of unbranched alkanes of at least 4 members (excludes halogenated alkanes) is 25. The fraction of sp³-hybridized carbons (Fsp3) is 0.841. The van der Waals surface area contributed by atoms with Crippen LogP contribution in [0.25, 0.3) is 0 Å². The molecule has 0 amide bonds. The molecule has 0 aromatic carbocycles. The minimum absolute atomic E-state index is 0.175. The van der Waals surface area contributed by atoms with E-state index in [2.05, 4.69) is 50.3 Å². The van der Waals surface area contributed by atoms with Crippen LogP contribution in [0.3, 0.4) is 0 Å². The number of carbonyl (C=O) groups excluding carboxylic acids is 1. The van der Waals surface area contributed by atoms with Gasteiger partial charge in [0.25, 0.3) is 0 Å². The molecule has 0 aromatic rings. The van der Waals surface area contributed by atoms with E-state index in [0.29, 0.717) is 19.6 Å². The molecule has 0 fully saturated rings. The Morgan fingerprint density at radius 2 is 0.875 bits per heavy atom. The summed E-state index contributed by atoms with van der Waals surface area (Å²) in [6.07, 6.45) is 51.9. The van der Waals surface area contributed by atoms with Gasteiger partial charge in [-0.15, -0.1) is 0 Å².